The highest BCUT2D eigenvalue weighted by Crippen LogP contribution is 2.32. The molecule has 1 saturated carbocycles. The van der Waals surface area contributed by atoms with Gasteiger partial charge in [0.25, 0.3) is 11.8 Å². The van der Waals surface area contributed by atoms with Crippen molar-refractivity contribution in [2.45, 2.75) is 44.7 Å². The number of carbonyl (C=O) groups is 3. The lowest BCUT2D eigenvalue weighted by Crippen LogP contribution is -2.50. The van der Waals surface area contributed by atoms with Crippen molar-refractivity contribution in [1.29, 1.82) is 0 Å². The third-order valence-corrected chi connectivity index (χ3v) is 6.17. The van der Waals surface area contributed by atoms with E-state index < -0.39 is 17.6 Å². The molecule has 178 valence electrons. The zero-order valence-electron chi connectivity index (χ0n) is 18.4. The third-order valence-electron chi connectivity index (χ3n) is 5.85. The van der Waals surface area contributed by atoms with Gasteiger partial charge in [-0.05, 0) is 50.8 Å². The lowest BCUT2D eigenvalue weighted by Gasteiger charge is -2.39. The molecule has 0 bridgehead atoms. The highest BCUT2D eigenvalue weighted by atomic mass is 35.5. The molecule has 1 aromatic heterocycles. The summed E-state index contributed by atoms with van der Waals surface area (Å²) in [5, 5.41) is 2.89. The maximum Gasteiger partial charge on any atom is 0.273 e. The van der Waals surface area contributed by atoms with E-state index in [1.54, 1.807) is 12.0 Å². The molecule has 0 saturated heterocycles. The number of rotatable bonds is 8. The average Bonchev–Trinajstić information content (AvgIpc) is 3.27. The second-order valence-electron chi connectivity index (χ2n) is 8.13. The van der Waals surface area contributed by atoms with Gasteiger partial charge in [0.2, 0.25) is 5.91 Å². The number of benzene rings is 1. The van der Waals surface area contributed by atoms with Gasteiger partial charge in [0.1, 0.15) is 11.5 Å². The minimum Gasteiger partial charge on any atom is -0.383 e. The second-order valence-corrected chi connectivity index (χ2v) is 8.53. The van der Waals surface area contributed by atoms with Crippen LogP contribution < -0.4 is 11.1 Å². The summed E-state index contributed by atoms with van der Waals surface area (Å²) >= 11 is 6.01. The molecule has 1 aliphatic carbocycles. The molecule has 0 radical (unpaired) electrons. The Morgan fingerprint density at radius 1 is 1.33 bits per heavy atom. The van der Waals surface area contributed by atoms with Gasteiger partial charge in [-0.25, -0.2) is 9.37 Å². The Hall–Kier alpha value is -2.98. The van der Waals surface area contributed by atoms with E-state index >= 15 is 0 Å². The Morgan fingerprint density at radius 3 is 2.64 bits per heavy atom. The van der Waals surface area contributed by atoms with Crippen LogP contribution >= 0.6 is 11.6 Å². The molecule has 3 amide bonds. The lowest BCUT2D eigenvalue weighted by atomic mass is 9.84. The smallest absolute Gasteiger partial charge is 0.273 e. The number of nitrogens with zero attached hydrogens (tertiary/aromatic N) is 2. The predicted molar refractivity (Wildman–Crippen MR) is 120 cm³/mol. The summed E-state index contributed by atoms with van der Waals surface area (Å²) in [6.07, 6.45) is 3.51. The van der Waals surface area contributed by atoms with E-state index in [4.69, 9.17) is 22.1 Å². The van der Waals surface area contributed by atoms with E-state index in [1.165, 1.54) is 18.5 Å². The van der Waals surface area contributed by atoms with Crippen LogP contribution in [0.3, 0.4) is 0 Å². The standard InChI is InChI=1S/C22H27ClFN5O4/c1-12(10-33-2)29(22(32)19-18(20(25)30)26-11-27-19)15-6-3-13(4-7-15)21(31)28-17-8-5-14(24)9-16(17)23/h5,8-9,11-13,15H,3-4,6-7,10H2,1-2H3,(H2,25,30)(H,26,27)(H,28,31)/t12-,13?,15?/m1/s1. The Labute approximate surface area is 195 Å². The molecule has 0 spiro atoms. The molecule has 2 aromatic rings. The van der Waals surface area contributed by atoms with Gasteiger partial charge < -0.3 is 25.7 Å². The van der Waals surface area contributed by atoms with Crippen LogP contribution in [-0.4, -0.2) is 58.4 Å². The predicted octanol–water partition coefficient (Wildman–Crippen LogP) is 2.98. The van der Waals surface area contributed by atoms with Gasteiger partial charge in [0.05, 0.1) is 29.7 Å². The number of imidazole rings is 1. The van der Waals surface area contributed by atoms with Crippen molar-refractivity contribution in [2.24, 2.45) is 11.7 Å². The molecule has 1 heterocycles. The van der Waals surface area contributed by atoms with Crippen LogP contribution in [-0.2, 0) is 9.53 Å². The molecule has 11 heteroatoms. The number of methoxy groups -OCH3 is 1. The molecule has 1 atom stereocenters. The number of hydrogen-bond donors (Lipinski definition) is 3. The van der Waals surface area contributed by atoms with Gasteiger partial charge in [-0.15, -0.1) is 0 Å². The number of aromatic nitrogens is 2. The van der Waals surface area contributed by atoms with Gasteiger partial charge >= 0.3 is 0 Å². The molecule has 0 unspecified atom stereocenters. The largest absolute Gasteiger partial charge is 0.383 e. The molecular weight excluding hydrogens is 453 g/mol. The summed E-state index contributed by atoms with van der Waals surface area (Å²) < 4.78 is 18.5. The minimum atomic E-state index is -0.793. The van der Waals surface area contributed by atoms with Gasteiger partial charge in [0.15, 0.2) is 5.69 Å². The Bertz CT molecular complexity index is 1020. The molecule has 33 heavy (non-hydrogen) atoms. The van der Waals surface area contributed by atoms with Gasteiger partial charge in [0, 0.05) is 19.1 Å². The summed E-state index contributed by atoms with van der Waals surface area (Å²) in [6, 6.07) is 3.36. The first kappa shape index (κ1) is 24.7. The first-order valence-corrected chi connectivity index (χ1v) is 11.0. The Kier molecular flexibility index (Phi) is 8.04. The average molecular weight is 480 g/mol. The number of aromatic amines is 1. The maximum atomic E-state index is 13.3. The molecule has 1 aromatic carbocycles. The minimum absolute atomic E-state index is 0.0382. The number of carbonyl (C=O) groups excluding carboxylic acids is 3. The van der Waals surface area contributed by atoms with E-state index in [9.17, 15) is 18.8 Å². The highest BCUT2D eigenvalue weighted by molar-refractivity contribution is 6.33. The second kappa shape index (κ2) is 10.8. The topological polar surface area (TPSA) is 130 Å². The molecule has 1 fully saturated rings. The first-order valence-electron chi connectivity index (χ1n) is 10.6. The zero-order chi connectivity index (χ0) is 24.1. The molecule has 1 aliphatic rings. The Balaban J connectivity index is 1.70. The van der Waals surface area contributed by atoms with Crippen molar-refractivity contribution in [3.05, 3.63) is 46.8 Å². The molecule has 3 rings (SSSR count). The third kappa shape index (κ3) is 5.69. The molecular formula is C22H27ClFN5O4. The fourth-order valence-corrected chi connectivity index (χ4v) is 4.48. The lowest BCUT2D eigenvalue weighted by molar-refractivity contribution is -0.121. The van der Waals surface area contributed by atoms with Crippen molar-refractivity contribution in [3.8, 4) is 0 Å². The molecule has 0 aliphatic heterocycles. The molecule has 4 N–H and O–H groups in total. The molecule has 9 nitrogen and oxygen atoms in total. The van der Waals surface area contributed by atoms with Crippen molar-refractivity contribution >= 4 is 35.0 Å². The number of nitrogens with one attached hydrogen (secondary N) is 2. The van der Waals surface area contributed by atoms with E-state index in [1.807, 2.05) is 6.92 Å². The van der Waals surface area contributed by atoms with E-state index in [0.717, 1.165) is 6.07 Å². The number of ether oxygens (including phenoxy) is 1. The number of H-pyrrole nitrogens is 1. The van der Waals surface area contributed by atoms with Crippen molar-refractivity contribution in [2.75, 3.05) is 19.0 Å². The SMILES string of the molecule is COC[C@@H](C)N(C(=O)c1[nH]cnc1C(N)=O)C1CCC(C(=O)Nc2ccc(F)cc2Cl)CC1. The Morgan fingerprint density at radius 2 is 2.03 bits per heavy atom. The van der Waals surface area contributed by atoms with Crippen LogP contribution in [0.4, 0.5) is 10.1 Å². The van der Waals surface area contributed by atoms with Crippen molar-refractivity contribution in [1.82, 2.24) is 14.9 Å². The number of halogens is 2. The number of nitrogens with two attached hydrogens (primary N) is 1. The number of amides is 3. The van der Waals surface area contributed by atoms with Crippen LogP contribution in [0, 0.1) is 11.7 Å². The van der Waals surface area contributed by atoms with Crippen LogP contribution in [0.25, 0.3) is 0 Å². The highest BCUT2D eigenvalue weighted by Gasteiger charge is 2.36. The monoisotopic (exact) mass is 479 g/mol. The fourth-order valence-electron chi connectivity index (χ4n) is 4.26. The quantitative estimate of drug-likeness (QED) is 0.535. The number of hydrogen-bond acceptors (Lipinski definition) is 5. The normalized spacial score (nSPS) is 19.0. The summed E-state index contributed by atoms with van der Waals surface area (Å²) in [6.45, 7) is 2.16. The van der Waals surface area contributed by atoms with Crippen molar-refractivity contribution in [3.63, 3.8) is 0 Å². The summed E-state index contributed by atoms with van der Waals surface area (Å²) in [7, 11) is 1.55. The van der Waals surface area contributed by atoms with Crippen LogP contribution in [0.1, 0.15) is 53.6 Å². The first-order chi connectivity index (χ1) is 15.7. The number of primary amides is 1. The van der Waals surface area contributed by atoms with Gasteiger partial charge in [-0.2, -0.15) is 0 Å². The zero-order valence-corrected chi connectivity index (χ0v) is 19.2. The van der Waals surface area contributed by atoms with Crippen LogP contribution in [0.15, 0.2) is 24.5 Å². The van der Waals surface area contributed by atoms with E-state index in [0.29, 0.717) is 38.0 Å². The van der Waals surface area contributed by atoms with Crippen molar-refractivity contribution < 1.29 is 23.5 Å². The summed E-state index contributed by atoms with van der Waals surface area (Å²) in [5.74, 6) is -2.14. The van der Waals surface area contributed by atoms with Gasteiger partial charge in [-0.3, -0.25) is 14.4 Å². The summed E-state index contributed by atoms with van der Waals surface area (Å²) in [5.41, 5.74) is 5.63. The van der Waals surface area contributed by atoms with E-state index in [-0.39, 0.29) is 40.3 Å². The van der Waals surface area contributed by atoms with E-state index in [2.05, 4.69) is 15.3 Å². The summed E-state index contributed by atoms with van der Waals surface area (Å²) in [4.78, 5) is 46.0. The number of anilines is 1. The fraction of sp³-hybridized carbons (Fsp3) is 0.455. The maximum absolute atomic E-state index is 13.3. The van der Waals surface area contributed by atoms with Gasteiger partial charge in [-0.1, -0.05) is 11.6 Å². The van der Waals surface area contributed by atoms with Crippen LogP contribution in [0.5, 0.6) is 0 Å². The van der Waals surface area contributed by atoms with Crippen LogP contribution in [0.2, 0.25) is 5.02 Å².